The largest absolute Gasteiger partial charge is 0.508 e. The van der Waals surface area contributed by atoms with Crippen LogP contribution in [0, 0.1) is 5.41 Å². The number of hydrogen-bond donors (Lipinski definition) is 0. The Bertz CT molecular complexity index is 135. The predicted octanol–water partition coefficient (Wildman–Crippen LogP) is 2.60. The SMILES string of the molecule is CCCOC(=O)OCC(C)(C)C. The van der Waals surface area contributed by atoms with Gasteiger partial charge in [-0.05, 0) is 11.8 Å². The summed E-state index contributed by atoms with van der Waals surface area (Å²) in [6.07, 6.45) is 0.261. The molecule has 0 aromatic carbocycles. The summed E-state index contributed by atoms with van der Waals surface area (Å²) in [5.41, 5.74) is 0.00519. The van der Waals surface area contributed by atoms with Crippen molar-refractivity contribution in [1.29, 1.82) is 0 Å². The molecule has 0 unspecified atom stereocenters. The lowest BCUT2D eigenvalue weighted by Gasteiger charge is -2.17. The summed E-state index contributed by atoms with van der Waals surface area (Å²) in [7, 11) is 0. The highest BCUT2D eigenvalue weighted by Gasteiger charge is 2.13. The zero-order valence-corrected chi connectivity index (χ0v) is 8.35. The van der Waals surface area contributed by atoms with Gasteiger partial charge in [-0.3, -0.25) is 0 Å². The van der Waals surface area contributed by atoms with Crippen LogP contribution in [0.1, 0.15) is 34.1 Å². The number of carbonyl (C=O) groups excluding carboxylic acids is 1. The Morgan fingerprint density at radius 1 is 1.25 bits per heavy atom. The van der Waals surface area contributed by atoms with Gasteiger partial charge in [-0.2, -0.15) is 0 Å². The van der Waals surface area contributed by atoms with Crippen LogP contribution < -0.4 is 0 Å². The predicted molar refractivity (Wildman–Crippen MR) is 47.0 cm³/mol. The molecule has 0 fully saturated rings. The molecular weight excluding hydrogens is 156 g/mol. The highest BCUT2D eigenvalue weighted by Crippen LogP contribution is 2.13. The molecule has 0 aliphatic carbocycles. The van der Waals surface area contributed by atoms with Crippen LogP contribution >= 0.6 is 0 Å². The minimum Gasteiger partial charge on any atom is -0.434 e. The molecule has 0 bridgehead atoms. The van der Waals surface area contributed by atoms with Crippen LogP contribution in [0.4, 0.5) is 4.79 Å². The third-order valence-electron chi connectivity index (χ3n) is 1.05. The summed E-state index contributed by atoms with van der Waals surface area (Å²) < 4.78 is 9.57. The summed E-state index contributed by atoms with van der Waals surface area (Å²) in [4.78, 5) is 10.8. The van der Waals surface area contributed by atoms with E-state index in [-0.39, 0.29) is 5.41 Å². The van der Waals surface area contributed by atoms with Gasteiger partial charge in [0.15, 0.2) is 0 Å². The number of ether oxygens (including phenoxy) is 2. The fourth-order valence-corrected chi connectivity index (χ4v) is 0.502. The van der Waals surface area contributed by atoms with Crippen LogP contribution in [0.2, 0.25) is 0 Å². The molecule has 0 N–H and O–H groups in total. The highest BCUT2D eigenvalue weighted by atomic mass is 16.7. The molecule has 0 rings (SSSR count). The lowest BCUT2D eigenvalue weighted by molar-refractivity contribution is 0.0333. The van der Waals surface area contributed by atoms with Gasteiger partial charge in [-0.25, -0.2) is 4.79 Å². The molecule has 0 aromatic rings. The Hall–Kier alpha value is -0.730. The van der Waals surface area contributed by atoms with Crippen molar-refractivity contribution in [2.24, 2.45) is 5.41 Å². The minimum absolute atomic E-state index is 0.00519. The molecule has 0 saturated carbocycles. The first-order chi connectivity index (χ1) is 5.45. The minimum atomic E-state index is -0.563. The first kappa shape index (κ1) is 11.3. The molecule has 3 heteroatoms. The Morgan fingerprint density at radius 3 is 2.25 bits per heavy atom. The Kier molecular flexibility index (Phi) is 4.71. The molecular formula is C9H18O3. The van der Waals surface area contributed by atoms with Crippen molar-refractivity contribution < 1.29 is 14.3 Å². The molecule has 0 atom stereocenters. The normalized spacial score (nSPS) is 11.0. The van der Waals surface area contributed by atoms with Crippen molar-refractivity contribution in [3.63, 3.8) is 0 Å². The van der Waals surface area contributed by atoms with E-state index < -0.39 is 6.16 Å². The first-order valence-electron chi connectivity index (χ1n) is 4.25. The number of carbonyl (C=O) groups is 1. The summed E-state index contributed by atoms with van der Waals surface area (Å²) in [6.45, 7) is 8.77. The van der Waals surface area contributed by atoms with E-state index >= 15 is 0 Å². The highest BCUT2D eigenvalue weighted by molar-refractivity contribution is 5.59. The fourth-order valence-electron chi connectivity index (χ4n) is 0.502. The van der Waals surface area contributed by atoms with Crippen LogP contribution in [0.3, 0.4) is 0 Å². The molecule has 0 radical (unpaired) electrons. The lowest BCUT2D eigenvalue weighted by Crippen LogP contribution is -2.19. The lowest BCUT2D eigenvalue weighted by atomic mass is 9.99. The fraction of sp³-hybridized carbons (Fsp3) is 0.889. The van der Waals surface area contributed by atoms with E-state index in [1.54, 1.807) is 0 Å². The van der Waals surface area contributed by atoms with E-state index in [0.717, 1.165) is 6.42 Å². The van der Waals surface area contributed by atoms with Crippen molar-refractivity contribution >= 4 is 6.16 Å². The first-order valence-corrected chi connectivity index (χ1v) is 4.25. The van der Waals surface area contributed by atoms with Gasteiger partial charge in [0.2, 0.25) is 0 Å². The third-order valence-corrected chi connectivity index (χ3v) is 1.05. The van der Waals surface area contributed by atoms with Gasteiger partial charge in [0.05, 0.1) is 13.2 Å². The average Bonchev–Trinajstić information content (AvgIpc) is 1.95. The second kappa shape index (κ2) is 5.01. The maximum Gasteiger partial charge on any atom is 0.508 e. The van der Waals surface area contributed by atoms with Gasteiger partial charge in [0.1, 0.15) is 0 Å². The van der Waals surface area contributed by atoms with Gasteiger partial charge in [0, 0.05) is 0 Å². The molecule has 3 nitrogen and oxygen atoms in total. The number of rotatable bonds is 3. The van der Waals surface area contributed by atoms with Crippen molar-refractivity contribution in [3.8, 4) is 0 Å². The Balaban J connectivity index is 3.44. The molecule has 72 valence electrons. The van der Waals surface area contributed by atoms with Gasteiger partial charge in [-0.15, -0.1) is 0 Å². The van der Waals surface area contributed by atoms with Gasteiger partial charge in [0.25, 0.3) is 0 Å². The molecule has 0 heterocycles. The zero-order chi connectivity index (χ0) is 9.61. The standard InChI is InChI=1S/C9H18O3/c1-5-6-11-8(10)12-7-9(2,3)4/h5-7H2,1-4H3. The van der Waals surface area contributed by atoms with Gasteiger partial charge in [-0.1, -0.05) is 27.7 Å². The second-order valence-electron chi connectivity index (χ2n) is 3.95. The smallest absolute Gasteiger partial charge is 0.434 e. The summed E-state index contributed by atoms with van der Waals surface area (Å²) in [5.74, 6) is 0. The monoisotopic (exact) mass is 174 g/mol. The zero-order valence-electron chi connectivity index (χ0n) is 8.35. The second-order valence-corrected chi connectivity index (χ2v) is 3.95. The van der Waals surface area contributed by atoms with E-state index in [1.165, 1.54) is 0 Å². The summed E-state index contributed by atoms with van der Waals surface area (Å²) >= 11 is 0. The Morgan fingerprint density at radius 2 is 1.83 bits per heavy atom. The van der Waals surface area contributed by atoms with E-state index in [4.69, 9.17) is 9.47 Å². The van der Waals surface area contributed by atoms with E-state index in [0.29, 0.717) is 13.2 Å². The average molecular weight is 174 g/mol. The van der Waals surface area contributed by atoms with Crippen LogP contribution in [0.25, 0.3) is 0 Å². The van der Waals surface area contributed by atoms with Crippen LogP contribution in [-0.4, -0.2) is 19.4 Å². The summed E-state index contributed by atoms with van der Waals surface area (Å²) in [5, 5.41) is 0. The quantitative estimate of drug-likeness (QED) is 0.617. The molecule has 0 aliphatic rings. The van der Waals surface area contributed by atoms with E-state index in [9.17, 15) is 4.79 Å². The molecule has 0 aromatic heterocycles. The van der Waals surface area contributed by atoms with Crippen LogP contribution in [0.15, 0.2) is 0 Å². The maximum absolute atomic E-state index is 10.8. The molecule has 0 aliphatic heterocycles. The van der Waals surface area contributed by atoms with Crippen molar-refractivity contribution in [3.05, 3.63) is 0 Å². The summed E-state index contributed by atoms with van der Waals surface area (Å²) in [6, 6.07) is 0. The number of hydrogen-bond acceptors (Lipinski definition) is 3. The molecule has 0 amide bonds. The Labute approximate surface area is 74.0 Å². The van der Waals surface area contributed by atoms with Gasteiger partial charge >= 0.3 is 6.16 Å². The third kappa shape index (κ3) is 7.38. The van der Waals surface area contributed by atoms with E-state index in [1.807, 2.05) is 27.7 Å². The van der Waals surface area contributed by atoms with Crippen LogP contribution in [-0.2, 0) is 9.47 Å². The van der Waals surface area contributed by atoms with Crippen molar-refractivity contribution in [1.82, 2.24) is 0 Å². The molecule has 0 saturated heterocycles. The molecule has 0 spiro atoms. The van der Waals surface area contributed by atoms with Gasteiger partial charge < -0.3 is 9.47 Å². The van der Waals surface area contributed by atoms with Crippen LogP contribution in [0.5, 0.6) is 0 Å². The van der Waals surface area contributed by atoms with E-state index in [2.05, 4.69) is 0 Å². The van der Waals surface area contributed by atoms with Crippen molar-refractivity contribution in [2.75, 3.05) is 13.2 Å². The maximum atomic E-state index is 10.8. The topological polar surface area (TPSA) is 35.5 Å². The molecule has 12 heavy (non-hydrogen) atoms. The van der Waals surface area contributed by atoms with Crippen molar-refractivity contribution in [2.45, 2.75) is 34.1 Å².